The Bertz CT molecular complexity index is 953. The summed E-state index contributed by atoms with van der Waals surface area (Å²) in [7, 11) is -2.73. The van der Waals surface area contributed by atoms with Crippen molar-refractivity contribution in [1.82, 2.24) is 5.32 Å². The molecule has 2 aromatic carbocycles. The van der Waals surface area contributed by atoms with E-state index in [0.717, 1.165) is 5.56 Å². The second-order valence-corrected chi connectivity index (χ2v) is 7.58. The zero-order valence-corrected chi connectivity index (χ0v) is 16.5. The predicted octanol–water partition coefficient (Wildman–Crippen LogP) is 1.69. The second-order valence-electron chi connectivity index (χ2n) is 5.96. The second kappa shape index (κ2) is 9.93. The maximum atomic E-state index is 12.3. The van der Waals surface area contributed by atoms with Crippen LogP contribution in [0, 0.1) is 12.3 Å². The lowest BCUT2D eigenvalue weighted by atomic mass is 10.0. The highest BCUT2D eigenvalue weighted by atomic mass is 32.2. The zero-order valence-electron chi connectivity index (χ0n) is 15.7. The van der Waals surface area contributed by atoms with E-state index in [1.54, 1.807) is 24.3 Å². The molecule has 29 heavy (non-hydrogen) atoms. The lowest BCUT2D eigenvalue weighted by Crippen LogP contribution is -2.54. The van der Waals surface area contributed by atoms with E-state index in [0.29, 0.717) is 5.75 Å². The Balaban J connectivity index is 2.01. The Morgan fingerprint density at radius 1 is 1.17 bits per heavy atom. The number of aliphatic hydroxyl groups excluding tert-OH is 1. The van der Waals surface area contributed by atoms with E-state index >= 15 is 0 Å². The van der Waals surface area contributed by atoms with Crippen LogP contribution in [0.25, 0.3) is 0 Å². The normalized spacial score (nSPS) is 13.0. The van der Waals surface area contributed by atoms with Gasteiger partial charge in [-0.2, -0.15) is 8.42 Å². The lowest BCUT2D eigenvalue weighted by Gasteiger charge is -2.26. The summed E-state index contributed by atoms with van der Waals surface area (Å²) in [5, 5.41) is 11.9. The molecule has 0 aliphatic carbocycles. The van der Waals surface area contributed by atoms with E-state index in [4.69, 9.17) is 20.1 Å². The molecule has 2 aromatic rings. The number of benzene rings is 2. The van der Waals surface area contributed by atoms with Crippen molar-refractivity contribution in [3.63, 3.8) is 0 Å². The molecule has 0 aromatic heterocycles. The number of ether oxygens (including phenoxy) is 2. The Kier molecular flexibility index (Phi) is 7.61. The van der Waals surface area contributed by atoms with E-state index in [2.05, 4.69) is 11.2 Å². The first-order valence-electron chi connectivity index (χ1n) is 8.45. The van der Waals surface area contributed by atoms with E-state index in [1.165, 1.54) is 31.4 Å². The number of hydrogen-bond acceptors (Lipinski definition) is 7. The third kappa shape index (κ3) is 6.22. The van der Waals surface area contributed by atoms with Gasteiger partial charge in [-0.05, 0) is 29.8 Å². The number of hydrogen-bond donors (Lipinski definition) is 2. The van der Waals surface area contributed by atoms with Gasteiger partial charge in [0.25, 0.3) is 10.1 Å². The molecule has 0 radical (unpaired) electrons. The highest BCUT2D eigenvalue weighted by Gasteiger charge is 2.33. The monoisotopic (exact) mass is 419 g/mol. The maximum Gasteiger partial charge on any atom is 0.408 e. The third-order valence-corrected chi connectivity index (χ3v) is 5.19. The molecule has 2 N–H and O–H groups in total. The van der Waals surface area contributed by atoms with Gasteiger partial charge in [0.2, 0.25) is 0 Å². The quantitative estimate of drug-likeness (QED) is 0.470. The molecule has 1 amide bonds. The molecule has 0 bridgehead atoms. The van der Waals surface area contributed by atoms with Crippen LogP contribution in [0.4, 0.5) is 4.79 Å². The molecular weight excluding hydrogens is 398 g/mol. The van der Waals surface area contributed by atoms with Crippen LogP contribution in [0.1, 0.15) is 5.56 Å². The van der Waals surface area contributed by atoms with Crippen LogP contribution in [0.3, 0.4) is 0 Å². The van der Waals surface area contributed by atoms with E-state index in [1.807, 2.05) is 6.07 Å². The number of alkyl carbamates (subject to hydrolysis) is 1. The first-order valence-corrected chi connectivity index (χ1v) is 9.86. The number of methoxy groups -OCH3 is 1. The van der Waals surface area contributed by atoms with E-state index in [-0.39, 0.29) is 11.5 Å². The van der Waals surface area contributed by atoms with Gasteiger partial charge >= 0.3 is 6.09 Å². The molecule has 9 heteroatoms. The van der Waals surface area contributed by atoms with Crippen LogP contribution in [0.15, 0.2) is 59.5 Å². The number of rotatable bonds is 9. The van der Waals surface area contributed by atoms with E-state index < -0.39 is 35.0 Å². The minimum Gasteiger partial charge on any atom is -0.497 e. The maximum absolute atomic E-state index is 12.3. The molecule has 0 saturated carbocycles. The molecule has 0 unspecified atom stereocenters. The molecule has 0 heterocycles. The van der Waals surface area contributed by atoms with Crippen LogP contribution in [0.2, 0.25) is 0 Å². The molecule has 1 atom stereocenters. The zero-order chi connectivity index (χ0) is 21.3. The van der Waals surface area contributed by atoms with Gasteiger partial charge in [-0.15, -0.1) is 6.42 Å². The minimum atomic E-state index is -4.18. The number of nitrogens with one attached hydrogen (secondary N) is 1. The molecule has 0 aliphatic heterocycles. The van der Waals surface area contributed by atoms with Gasteiger partial charge < -0.3 is 19.9 Å². The summed E-state index contributed by atoms with van der Waals surface area (Å²) in [6, 6.07) is 14.4. The highest BCUT2D eigenvalue weighted by molar-refractivity contribution is 7.86. The summed E-state index contributed by atoms with van der Waals surface area (Å²) < 4.78 is 39.7. The fourth-order valence-corrected chi connectivity index (χ4v) is 3.15. The summed E-state index contributed by atoms with van der Waals surface area (Å²) in [6.07, 6.45) is 4.48. The number of carbonyl (C=O) groups excluding carboxylic acids is 1. The molecule has 154 valence electrons. The summed E-state index contributed by atoms with van der Waals surface area (Å²) in [5.74, 6) is 2.64. The number of carbonyl (C=O) groups is 1. The van der Waals surface area contributed by atoms with Crippen LogP contribution >= 0.6 is 0 Å². The van der Waals surface area contributed by atoms with Crippen molar-refractivity contribution >= 4 is 16.2 Å². The van der Waals surface area contributed by atoms with Crippen molar-refractivity contribution < 1.29 is 32.0 Å². The average molecular weight is 419 g/mol. The summed E-state index contributed by atoms with van der Waals surface area (Å²) >= 11 is 0. The van der Waals surface area contributed by atoms with Crippen molar-refractivity contribution in [3.8, 4) is 18.1 Å². The molecule has 0 saturated heterocycles. The van der Waals surface area contributed by atoms with Crippen molar-refractivity contribution in [2.45, 2.75) is 17.0 Å². The molecule has 2 rings (SSSR count). The van der Waals surface area contributed by atoms with Gasteiger partial charge in [-0.1, -0.05) is 36.3 Å². The van der Waals surface area contributed by atoms with E-state index in [9.17, 15) is 18.3 Å². The molecule has 8 nitrogen and oxygen atoms in total. The molecule has 0 spiro atoms. The molecule has 0 aliphatic rings. The first-order chi connectivity index (χ1) is 13.8. The Morgan fingerprint density at radius 3 is 2.38 bits per heavy atom. The third-order valence-electron chi connectivity index (χ3n) is 3.91. The van der Waals surface area contributed by atoms with Gasteiger partial charge in [-0.3, -0.25) is 4.18 Å². The molecule has 0 fully saturated rings. The van der Waals surface area contributed by atoms with Crippen molar-refractivity contribution in [3.05, 3.63) is 60.2 Å². The van der Waals surface area contributed by atoms with Crippen molar-refractivity contribution in [2.24, 2.45) is 0 Å². The number of terminal acetylenes is 1. The van der Waals surface area contributed by atoms with Crippen molar-refractivity contribution in [1.29, 1.82) is 0 Å². The van der Waals surface area contributed by atoms with Gasteiger partial charge in [0.15, 0.2) is 5.54 Å². The highest BCUT2D eigenvalue weighted by Crippen LogP contribution is 2.19. The van der Waals surface area contributed by atoms with Gasteiger partial charge in [0, 0.05) is 0 Å². The summed E-state index contributed by atoms with van der Waals surface area (Å²) in [4.78, 5) is 11.9. The fraction of sp³-hybridized carbons (Fsp3) is 0.250. The Morgan fingerprint density at radius 2 is 1.83 bits per heavy atom. The number of amides is 1. The van der Waals surface area contributed by atoms with Crippen LogP contribution in [0.5, 0.6) is 5.75 Å². The first kappa shape index (κ1) is 22.2. The van der Waals surface area contributed by atoms with Gasteiger partial charge in [-0.25, -0.2) is 4.79 Å². The predicted molar refractivity (Wildman–Crippen MR) is 105 cm³/mol. The Hall–Kier alpha value is -3.06. The minimum absolute atomic E-state index is 0.0241. The van der Waals surface area contributed by atoms with Crippen LogP contribution < -0.4 is 10.1 Å². The Labute approximate surface area is 169 Å². The topological polar surface area (TPSA) is 111 Å². The van der Waals surface area contributed by atoms with Gasteiger partial charge in [0.05, 0.1) is 18.6 Å². The van der Waals surface area contributed by atoms with Gasteiger partial charge in [0.1, 0.15) is 19.0 Å². The van der Waals surface area contributed by atoms with Crippen LogP contribution in [-0.2, 0) is 25.6 Å². The lowest BCUT2D eigenvalue weighted by molar-refractivity contribution is 0.104. The number of aliphatic hydroxyl groups is 1. The smallest absolute Gasteiger partial charge is 0.408 e. The summed E-state index contributed by atoms with van der Waals surface area (Å²) in [5.41, 5.74) is -1.04. The summed E-state index contributed by atoms with van der Waals surface area (Å²) in [6.45, 7) is -1.47. The van der Waals surface area contributed by atoms with Crippen molar-refractivity contribution in [2.75, 3.05) is 20.3 Å². The SMILES string of the molecule is C#C[C@@](CO)(COS(=O)(=O)c1ccc(OC)cc1)NC(=O)OCc1ccccc1. The largest absolute Gasteiger partial charge is 0.497 e. The standard InChI is InChI=1S/C20H21NO7S/c1-3-20(14-22,21-19(23)27-13-16-7-5-4-6-8-16)15-28-29(24,25)18-11-9-17(26-2)10-12-18/h1,4-12,22H,13-15H2,2H3,(H,21,23)/t20-/m1/s1. The average Bonchev–Trinajstić information content (AvgIpc) is 2.76. The van der Waals surface area contributed by atoms with Crippen LogP contribution in [-0.4, -0.2) is 45.5 Å². The fourth-order valence-electron chi connectivity index (χ4n) is 2.19. The molecular formula is C20H21NO7S.